The highest BCUT2D eigenvalue weighted by Gasteiger charge is 2.15. The summed E-state index contributed by atoms with van der Waals surface area (Å²) in [7, 11) is 1.95. The van der Waals surface area contributed by atoms with Gasteiger partial charge in [-0.1, -0.05) is 6.07 Å². The van der Waals surface area contributed by atoms with Crippen LogP contribution >= 0.6 is 0 Å². The van der Waals surface area contributed by atoms with Gasteiger partial charge in [0.2, 0.25) is 0 Å². The number of nitrogens with two attached hydrogens (primary N) is 1. The number of pyridine rings is 1. The molecule has 18 heavy (non-hydrogen) atoms. The van der Waals surface area contributed by atoms with Gasteiger partial charge in [0, 0.05) is 31.1 Å². The van der Waals surface area contributed by atoms with E-state index in [1.807, 2.05) is 31.6 Å². The van der Waals surface area contributed by atoms with E-state index in [4.69, 9.17) is 5.84 Å². The Bertz CT molecular complexity index is 532. The topological polar surface area (TPSA) is 68.8 Å². The SMILES string of the molecule is Cc1cc(CC(NN)c2cccnc2C)n(C)n1. The minimum absolute atomic E-state index is 0.0495. The van der Waals surface area contributed by atoms with E-state index in [2.05, 4.69) is 27.6 Å². The first-order valence-corrected chi connectivity index (χ1v) is 5.99. The molecule has 2 aromatic heterocycles. The molecule has 5 heteroatoms. The monoisotopic (exact) mass is 245 g/mol. The lowest BCUT2D eigenvalue weighted by atomic mass is 10.0. The van der Waals surface area contributed by atoms with Crippen LogP contribution in [-0.4, -0.2) is 14.8 Å². The van der Waals surface area contributed by atoms with Crippen molar-refractivity contribution in [2.45, 2.75) is 26.3 Å². The Labute approximate surface area is 107 Å². The molecule has 0 spiro atoms. The molecule has 0 fully saturated rings. The average Bonchev–Trinajstić information content (AvgIpc) is 2.66. The van der Waals surface area contributed by atoms with E-state index in [1.165, 1.54) is 0 Å². The van der Waals surface area contributed by atoms with Crippen LogP contribution in [0.15, 0.2) is 24.4 Å². The highest BCUT2D eigenvalue weighted by Crippen LogP contribution is 2.19. The lowest BCUT2D eigenvalue weighted by Gasteiger charge is -2.17. The summed E-state index contributed by atoms with van der Waals surface area (Å²) < 4.78 is 1.89. The summed E-state index contributed by atoms with van der Waals surface area (Å²) in [4.78, 5) is 4.30. The number of rotatable bonds is 4. The third-order valence-corrected chi connectivity index (χ3v) is 3.14. The number of aryl methyl sites for hydroxylation is 3. The van der Waals surface area contributed by atoms with Gasteiger partial charge >= 0.3 is 0 Å². The molecule has 0 amide bonds. The highest BCUT2D eigenvalue weighted by molar-refractivity contribution is 5.24. The lowest BCUT2D eigenvalue weighted by molar-refractivity contribution is 0.526. The van der Waals surface area contributed by atoms with Crippen molar-refractivity contribution < 1.29 is 0 Å². The van der Waals surface area contributed by atoms with Crippen molar-refractivity contribution >= 4 is 0 Å². The van der Waals surface area contributed by atoms with Gasteiger partial charge in [-0.25, -0.2) is 0 Å². The average molecular weight is 245 g/mol. The summed E-state index contributed by atoms with van der Waals surface area (Å²) in [6.45, 7) is 3.98. The van der Waals surface area contributed by atoms with Crippen LogP contribution in [0.4, 0.5) is 0 Å². The molecule has 1 unspecified atom stereocenters. The Morgan fingerprint density at radius 2 is 2.22 bits per heavy atom. The van der Waals surface area contributed by atoms with Gasteiger partial charge in [-0.05, 0) is 31.5 Å². The largest absolute Gasteiger partial charge is 0.272 e. The second-order valence-electron chi connectivity index (χ2n) is 4.50. The van der Waals surface area contributed by atoms with Gasteiger partial charge in [-0.15, -0.1) is 0 Å². The molecular formula is C13H19N5. The standard InChI is InChI=1S/C13H19N5/c1-9-7-11(18(3)17-9)8-13(16-14)12-5-4-6-15-10(12)2/h4-7,13,16H,8,14H2,1-3H3. The zero-order chi connectivity index (χ0) is 13.1. The van der Waals surface area contributed by atoms with E-state index in [-0.39, 0.29) is 6.04 Å². The summed E-state index contributed by atoms with van der Waals surface area (Å²) in [5, 5.41) is 4.35. The summed E-state index contributed by atoms with van der Waals surface area (Å²) in [5.74, 6) is 5.67. The predicted molar refractivity (Wildman–Crippen MR) is 70.7 cm³/mol. The fourth-order valence-corrected chi connectivity index (χ4v) is 2.19. The summed E-state index contributed by atoms with van der Waals surface area (Å²) in [6.07, 6.45) is 2.58. The molecule has 1 atom stereocenters. The van der Waals surface area contributed by atoms with Crippen LogP contribution in [0.25, 0.3) is 0 Å². The fourth-order valence-electron chi connectivity index (χ4n) is 2.19. The molecule has 0 bridgehead atoms. The summed E-state index contributed by atoms with van der Waals surface area (Å²) >= 11 is 0. The number of aromatic nitrogens is 3. The van der Waals surface area contributed by atoms with Gasteiger partial charge in [0.25, 0.3) is 0 Å². The van der Waals surface area contributed by atoms with Gasteiger partial charge in [-0.2, -0.15) is 5.10 Å². The number of hydrogen-bond donors (Lipinski definition) is 2. The molecule has 0 saturated carbocycles. The maximum absolute atomic E-state index is 5.67. The molecule has 0 aliphatic carbocycles. The Morgan fingerprint density at radius 1 is 1.44 bits per heavy atom. The van der Waals surface area contributed by atoms with E-state index in [0.717, 1.165) is 29.1 Å². The highest BCUT2D eigenvalue weighted by atomic mass is 15.3. The lowest BCUT2D eigenvalue weighted by Crippen LogP contribution is -2.30. The van der Waals surface area contributed by atoms with E-state index in [1.54, 1.807) is 6.20 Å². The molecule has 5 nitrogen and oxygen atoms in total. The second-order valence-corrected chi connectivity index (χ2v) is 4.50. The van der Waals surface area contributed by atoms with E-state index in [9.17, 15) is 0 Å². The van der Waals surface area contributed by atoms with E-state index in [0.29, 0.717) is 0 Å². The van der Waals surface area contributed by atoms with Crippen molar-refractivity contribution in [3.05, 3.63) is 47.0 Å². The third kappa shape index (κ3) is 2.57. The molecule has 0 radical (unpaired) electrons. The Balaban J connectivity index is 2.25. The molecule has 96 valence electrons. The second kappa shape index (κ2) is 5.29. The Morgan fingerprint density at radius 3 is 2.78 bits per heavy atom. The third-order valence-electron chi connectivity index (χ3n) is 3.14. The van der Waals surface area contributed by atoms with Crippen LogP contribution in [0, 0.1) is 13.8 Å². The van der Waals surface area contributed by atoms with Crippen molar-refractivity contribution in [3.63, 3.8) is 0 Å². The first kappa shape index (κ1) is 12.7. The fraction of sp³-hybridized carbons (Fsp3) is 0.385. The molecule has 0 aliphatic heterocycles. The molecule has 3 N–H and O–H groups in total. The molecule has 2 aromatic rings. The van der Waals surface area contributed by atoms with Crippen LogP contribution in [0.3, 0.4) is 0 Å². The molecular weight excluding hydrogens is 226 g/mol. The van der Waals surface area contributed by atoms with Gasteiger partial charge in [-0.3, -0.25) is 20.9 Å². The van der Waals surface area contributed by atoms with Crippen molar-refractivity contribution in [1.82, 2.24) is 20.2 Å². The molecule has 0 aromatic carbocycles. The molecule has 2 heterocycles. The van der Waals surface area contributed by atoms with Crippen molar-refractivity contribution in [3.8, 4) is 0 Å². The Hall–Kier alpha value is -1.72. The minimum atomic E-state index is 0.0495. The van der Waals surface area contributed by atoms with Crippen molar-refractivity contribution in [1.29, 1.82) is 0 Å². The van der Waals surface area contributed by atoms with Crippen LogP contribution in [0.5, 0.6) is 0 Å². The minimum Gasteiger partial charge on any atom is -0.272 e. The number of nitrogens with zero attached hydrogens (tertiary/aromatic N) is 3. The van der Waals surface area contributed by atoms with E-state index >= 15 is 0 Å². The maximum atomic E-state index is 5.67. The number of hydrazine groups is 1. The number of nitrogens with one attached hydrogen (secondary N) is 1. The number of hydrogen-bond acceptors (Lipinski definition) is 4. The zero-order valence-corrected chi connectivity index (χ0v) is 11.0. The van der Waals surface area contributed by atoms with Gasteiger partial charge in [0.15, 0.2) is 0 Å². The van der Waals surface area contributed by atoms with Crippen molar-refractivity contribution in [2.24, 2.45) is 12.9 Å². The summed E-state index contributed by atoms with van der Waals surface area (Å²) in [5.41, 5.74) is 7.16. The molecule has 0 saturated heterocycles. The van der Waals surface area contributed by atoms with Crippen molar-refractivity contribution in [2.75, 3.05) is 0 Å². The van der Waals surface area contributed by atoms with Crippen LogP contribution in [-0.2, 0) is 13.5 Å². The van der Waals surface area contributed by atoms with Crippen LogP contribution in [0.1, 0.15) is 28.7 Å². The molecule has 0 aliphatic rings. The normalized spacial score (nSPS) is 12.7. The van der Waals surface area contributed by atoms with Gasteiger partial charge in [0.05, 0.1) is 11.7 Å². The quantitative estimate of drug-likeness (QED) is 0.627. The molecule has 2 rings (SSSR count). The van der Waals surface area contributed by atoms with E-state index < -0.39 is 0 Å². The Kier molecular flexibility index (Phi) is 3.74. The van der Waals surface area contributed by atoms with Crippen LogP contribution < -0.4 is 11.3 Å². The van der Waals surface area contributed by atoms with Gasteiger partial charge < -0.3 is 0 Å². The van der Waals surface area contributed by atoms with Gasteiger partial charge in [0.1, 0.15) is 0 Å². The smallest absolute Gasteiger partial charge is 0.0596 e. The summed E-state index contributed by atoms with van der Waals surface area (Å²) in [6, 6.07) is 6.11. The first-order valence-electron chi connectivity index (χ1n) is 5.99. The zero-order valence-electron chi connectivity index (χ0n) is 11.0. The van der Waals surface area contributed by atoms with Crippen LogP contribution in [0.2, 0.25) is 0 Å². The maximum Gasteiger partial charge on any atom is 0.0596 e. The first-order chi connectivity index (χ1) is 8.61. The predicted octanol–water partition coefficient (Wildman–Crippen LogP) is 1.18.